The molecule has 1 aliphatic heterocycles. The number of nitrogens with one attached hydrogen (secondary N) is 1. The first kappa shape index (κ1) is 13.3. The van der Waals surface area contributed by atoms with E-state index in [9.17, 15) is 18.3 Å². The van der Waals surface area contributed by atoms with E-state index in [1.165, 1.54) is 24.3 Å². The molecule has 6 heteroatoms. The van der Waals surface area contributed by atoms with Crippen molar-refractivity contribution in [3.63, 3.8) is 0 Å². The summed E-state index contributed by atoms with van der Waals surface area (Å²) in [6, 6.07) is 7.21. The van der Waals surface area contributed by atoms with E-state index >= 15 is 0 Å². The monoisotopic (exact) mass is 260 g/mol. The largest absolute Gasteiger partial charge is 0.435 e. The lowest BCUT2D eigenvalue weighted by atomic mass is 9.99. The molecule has 1 aromatic rings. The minimum Gasteiger partial charge on any atom is -0.364 e. The topological polar surface area (TPSA) is 35.5 Å². The fraction of sp³-hybridized carbons (Fsp3) is 0.500. The summed E-state index contributed by atoms with van der Waals surface area (Å²) >= 11 is 0. The SMILES string of the molecule is OC(c1ccccc1)(N1CCNCC1)C(F)(F)F. The van der Waals surface area contributed by atoms with Gasteiger partial charge >= 0.3 is 6.18 Å². The molecule has 1 unspecified atom stereocenters. The Morgan fingerprint density at radius 2 is 1.61 bits per heavy atom. The normalized spacial score (nSPS) is 21.6. The van der Waals surface area contributed by atoms with Crippen molar-refractivity contribution in [2.24, 2.45) is 0 Å². The van der Waals surface area contributed by atoms with Gasteiger partial charge in [0, 0.05) is 31.7 Å². The number of piperazine rings is 1. The second-order valence-electron chi connectivity index (χ2n) is 4.27. The number of halogens is 3. The van der Waals surface area contributed by atoms with E-state index in [0.29, 0.717) is 13.1 Å². The van der Waals surface area contributed by atoms with Crippen LogP contribution in [0.15, 0.2) is 30.3 Å². The first-order valence-electron chi connectivity index (χ1n) is 5.76. The molecule has 0 saturated carbocycles. The number of aliphatic hydroxyl groups is 1. The van der Waals surface area contributed by atoms with Gasteiger partial charge in [-0.1, -0.05) is 30.3 Å². The third-order valence-corrected chi connectivity index (χ3v) is 3.15. The van der Waals surface area contributed by atoms with Crippen LogP contribution in [0.25, 0.3) is 0 Å². The van der Waals surface area contributed by atoms with Gasteiger partial charge in [-0.3, -0.25) is 4.90 Å². The lowest BCUT2D eigenvalue weighted by Crippen LogP contribution is -2.61. The summed E-state index contributed by atoms with van der Waals surface area (Å²) in [6.07, 6.45) is -4.73. The Kier molecular flexibility index (Phi) is 3.61. The minimum atomic E-state index is -4.73. The molecular formula is C12H15F3N2O. The Balaban J connectivity index is 2.40. The van der Waals surface area contributed by atoms with E-state index in [1.807, 2.05) is 0 Å². The Morgan fingerprint density at radius 3 is 2.11 bits per heavy atom. The fourth-order valence-corrected chi connectivity index (χ4v) is 2.18. The molecule has 2 rings (SSSR count). The van der Waals surface area contributed by atoms with Crippen LogP contribution in [-0.2, 0) is 5.72 Å². The quantitative estimate of drug-likeness (QED) is 0.841. The summed E-state index contributed by atoms with van der Waals surface area (Å²) in [4.78, 5) is 1.07. The molecule has 0 amide bonds. The first-order chi connectivity index (χ1) is 8.46. The van der Waals surface area contributed by atoms with Crippen LogP contribution in [0.4, 0.5) is 13.2 Å². The summed E-state index contributed by atoms with van der Waals surface area (Å²) < 4.78 is 39.8. The van der Waals surface area contributed by atoms with Crippen molar-refractivity contribution in [3.8, 4) is 0 Å². The Bertz CT molecular complexity index is 390. The minimum absolute atomic E-state index is 0.139. The van der Waals surface area contributed by atoms with Gasteiger partial charge in [-0.25, -0.2) is 0 Å². The highest BCUT2D eigenvalue weighted by Gasteiger charge is 2.58. The van der Waals surface area contributed by atoms with Gasteiger partial charge in [-0.2, -0.15) is 13.2 Å². The number of rotatable bonds is 2. The van der Waals surface area contributed by atoms with Crippen LogP contribution in [0.3, 0.4) is 0 Å². The molecule has 18 heavy (non-hydrogen) atoms. The molecule has 1 aliphatic rings. The second kappa shape index (κ2) is 4.87. The summed E-state index contributed by atoms with van der Waals surface area (Å²) in [6.45, 7) is 1.19. The van der Waals surface area contributed by atoms with Gasteiger partial charge in [0.2, 0.25) is 5.72 Å². The van der Waals surface area contributed by atoms with Gasteiger partial charge in [-0.05, 0) is 0 Å². The highest BCUT2D eigenvalue weighted by atomic mass is 19.4. The molecule has 1 atom stereocenters. The van der Waals surface area contributed by atoms with Crippen LogP contribution < -0.4 is 5.32 Å². The van der Waals surface area contributed by atoms with Crippen LogP contribution in [0.5, 0.6) is 0 Å². The van der Waals surface area contributed by atoms with Crippen molar-refractivity contribution in [1.82, 2.24) is 10.2 Å². The van der Waals surface area contributed by atoms with E-state index in [4.69, 9.17) is 0 Å². The molecule has 3 nitrogen and oxygen atoms in total. The van der Waals surface area contributed by atoms with Crippen molar-refractivity contribution < 1.29 is 18.3 Å². The average Bonchev–Trinajstić information content (AvgIpc) is 2.38. The van der Waals surface area contributed by atoms with E-state index in [0.717, 1.165) is 4.90 Å². The predicted molar refractivity (Wildman–Crippen MR) is 60.8 cm³/mol. The van der Waals surface area contributed by atoms with E-state index in [-0.39, 0.29) is 18.7 Å². The van der Waals surface area contributed by atoms with Crippen molar-refractivity contribution in [2.45, 2.75) is 11.9 Å². The molecule has 1 heterocycles. The third-order valence-electron chi connectivity index (χ3n) is 3.15. The van der Waals surface area contributed by atoms with Crippen molar-refractivity contribution in [2.75, 3.05) is 26.2 Å². The smallest absolute Gasteiger partial charge is 0.364 e. The van der Waals surface area contributed by atoms with Crippen molar-refractivity contribution in [1.29, 1.82) is 0 Å². The summed E-state index contributed by atoms with van der Waals surface area (Å²) in [5.74, 6) is 0. The van der Waals surface area contributed by atoms with Gasteiger partial charge in [0.25, 0.3) is 0 Å². The lowest BCUT2D eigenvalue weighted by Gasteiger charge is -2.43. The number of alkyl halides is 3. The third kappa shape index (κ3) is 2.23. The van der Waals surface area contributed by atoms with Crippen LogP contribution in [0.2, 0.25) is 0 Å². The van der Waals surface area contributed by atoms with Crippen LogP contribution in [0, 0.1) is 0 Å². The zero-order valence-corrected chi connectivity index (χ0v) is 9.74. The number of hydrogen-bond donors (Lipinski definition) is 2. The summed E-state index contributed by atoms with van der Waals surface area (Å²) in [5.41, 5.74) is -3.05. The molecule has 0 aliphatic carbocycles. The average molecular weight is 260 g/mol. The number of benzene rings is 1. The maximum Gasteiger partial charge on any atom is 0.435 e. The highest BCUT2D eigenvalue weighted by Crippen LogP contribution is 2.41. The number of nitrogens with zero attached hydrogens (tertiary/aromatic N) is 1. The predicted octanol–water partition coefficient (Wildman–Crippen LogP) is 1.30. The molecule has 0 bridgehead atoms. The van der Waals surface area contributed by atoms with E-state index < -0.39 is 11.9 Å². The van der Waals surface area contributed by atoms with E-state index in [2.05, 4.69) is 5.32 Å². The standard InChI is InChI=1S/C12H15F3N2O/c13-12(14,15)11(18,10-4-2-1-3-5-10)17-8-6-16-7-9-17/h1-5,16,18H,6-9H2. The lowest BCUT2D eigenvalue weighted by molar-refractivity contribution is -0.326. The van der Waals surface area contributed by atoms with Crippen LogP contribution in [-0.4, -0.2) is 42.4 Å². The molecular weight excluding hydrogens is 245 g/mol. The first-order valence-corrected chi connectivity index (χ1v) is 5.76. The summed E-state index contributed by atoms with van der Waals surface area (Å²) in [7, 11) is 0. The molecule has 1 saturated heterocycles. The molecule has 100 valence electrons. The second-order valence-corrected chi connectivity index (χ2v) is 4.27. The van der Waals surface area contributed by atoms with Crippen molar-refractivity contribution in [3.05, 3.63) is 35.9 Å². The van der Waals surface area contributed by atoms with Gasteiger partial charge in [0.05, 0.1) is 0 Å². The fourth-order valence-electron chi connectivity index (χ4n) is 2.18. The van der Waals surface area contributed by atoms with Gasteiger partial charge in [0.15, 0.2) is 0 Å². The Hall–Kier alpha value is -1.11. The molecule has 2 N–H and O–H groups in total. The van der Waals surface area contributed by atoms with Gasteiger partial charge in [-0.15, -0.1) is 0 Å². The zero-order valence-electron chi connectivity index (χ0n) is 9.74. The maximum atomic E-state index is 13.3. The Labute approximate surface area is 103 Å². The van der Waals surface area contributed by atoms with Gasteiger partial charge < -0.3 is 10.4 Å². The van der Waals surface area contributed by atoms with E-state index in [1.54, 1.807) is 6.07 Å². The molecule has 1 aromatic carbocycles. The van der Waals surface area contributed by atoms with Crippen molar-refractivity contribution >= 4 is 0 Å². The molecule has 0 spiro atoms. The maximum absolute atomic E-state index is 13.3. The molecule has 0 aromatic heterocycles. The number of hydrogen-bond acceptors (Lipinski definition) is 3. The zero-order chi connectivity index (χ0) is 13.2. The summed E-state index contributed by atoms with van der Waals surface area (Å²) in [5, 5.41) is 13.2. The molecule has 0 radical (unpaired) electrons. The van der Waals surface area contributed by atoms with Gasteiger partial charge in [0.1, 0.15) is 0 Å². The van der Waals surface area contributed by atoms with Crippen LogP contribution in [0.1, 0.15) is 5.56 Å². The van der Waals surface area contributed by atoms with Crippen LogP contribution >= 0.6 is 0 Å². The molecule has 1 fully saturated rings. The Morgan fingerprint density at radius 1 is 1.06 bits per heavy atom. The highest BCUT2D eigenvalue weighted by molar-refractivity contribution is 5.24.